The minimum Gasteiger partial charge on any atom is -0.494 e. The monoisotopic (exact) mass is 616 g/mol. The predicted molar refractivity (Wildman–Crippen MR) is 170 cm³/mol. The molecule has 1 saturated heterocycles. The van der Waals surface area contributed by atoms with E-state index in [0.29, 0.717) is 48.0 Å². The number of carbonyl (C=O) groups is 1. The quantitative estimate of drug-likeness (QED) is 0.240. The van der Waals surface area contributed by atoms with E-state index in [1.807, 2.05) is 65.5 Å². The number of carbonyl (C=O) groups excluding carboxylic acids is 1. The first kappa shape index (κ1) is 29.3. The number of aromatic nitrogens is 5. The van der Waals surface area contributed by atoms with Crippen molar-refractivity contribution in [2.45, 2.75) is 38.7 Å². The molecule has 0 bridgehead atoms. The Bertz CT molecular complexity index is 1940. The molecule has 1 saturated carbocycles. The van der Waals surface area contributed by atoms with E-state index in [0.717, 1.165) is 46.3 Å². The number of amides is 1. The summed E-state index contributed by atoms with van der Waals surface area (Å²) in [5, 5.41) is 8.82. The van der Waals surface area contributed by atoms with Crippen LogP contribution in [0.15, 0.2) is 42.6 Å². The molecular formula is C33H38F2N8O2. The standard InChI is InChI=1S/C33H38F2N8O2/c1-19-26(18-40(2)39-19)37-24-9-5-8-21-12-27(43(29(21)24)17-23-14-33(23,34)35)31-38-25-11-22(13-28(45-4)30(25)41(31)3)32(44)42-10-6-7-20(15-36)16-42/h5,8-9,11-13,18,20,23,37H,6-7,10,14-17,36H2,1-4H3/t20-,23?/m0/s1. The number of imidazole rings is 1. The molecule has 1 aliphatic carbocycles. The fourth-order valence-electron chi connectivity index (χ4n) is 6.80. The van der Waals surface area contributed by atoms with Gasteiger partial charge in [0.05, 0.1) is 40.9 Å². The molecule has 5 aromatic rings. The SMILES string of the molecule is COc1cc(C(=O)N2CCC[C@@H](CN)C2)cc2nc(-c3cc4cccc(Nc5cn(C)nc5C)c4n3CC3CC3(F)F)n(C)c12. The smallest absolute Gasteiger partial charge is 0.254 e. The molecule has 4 heterocycles. The molecule has 236 valence electrons. The van der Waals surface area contributed by atoms with Gasteiger partial charge in [-0.1, -0.05) is 12.1 Å². The van der Waals surface area contributed by atoms with Gasteiger partial charge in [0.15, 0.2) is 5.82 Å². The molecule has 2 aliphatic rings. The summed E-state index contributed by atoms with van der Waals surface area (Å²) in [5.74, 6) is -2.13. The number of nitrogens with zero attached hydrogens (tertiary/aromatic N) is 6. The van der Waals surface area contributed by atoms with Crippen LogP contribution in [0.5, 0.6) is 5.75 Å². The van der Waals surface area contributed by atoms with Crippen LogP contribution in [0.1, 0.15) is 35.3 Å². The number of nitrogens with one attached hydrogen (secondary N) is 1. The Kier molecular flexibility index (Phi) is 7.07. The molecule has 0 spiro atoms. The van der Waals surface area contributed by atoms with Crippen molar-refractivity contribution in [1.29, 1.82) is 0 Å². The summed E-state index contributed by atoms with van der Waals surface area (Å²) in [5.41, 5.74) is 11.7. The molecule has 2 atom stereocenters. The zero-order valence-electron chi connectivity index (χ0n) is 26.0. The molecule has 1 amide bonds. The summed E-state index contributed by atoms with van der Waals surface area (Å²) < 4.78 is 40.1. The van der Waals surface area contributed by atoms with Crippen LogP contribution in [0.3, 0.4) is 0 Å². The lowest BCUT2D eigenvalue weighted by Gasteiger charge is -2.32. The molecule has 12 heteroatoms. The van der Waals surface area contributed by atoms with E-state index in [-0.39, 0.29) is 24.8 Å². The maximum absolute atomic E-state index is 14.4. The molecule has 45 heavy (non-hydrogen) atoms. The highest BCUT2D eigenvalue weighted by molar-refractivity contribution is 6.01. The zero-order valence-corrected chi connectivity index (χ0v) is 26.0. The summed E-state index contributed by atoms with van der Waals surface area (Å²) in [4.78, 5) is 20.5. The maximum atomic E-state index is 14.4. The van der Waals surface area contributed by atoms with Crippen molar-refractivity contribution in [3.8, 4) is 17.3 Å². The van der Waals surface area contributed by atoms with Crippen LogP contribution in [0, 0.1) is 18.8 Å². The van der Waals surface area contributed by atoms with E-state index in [2.05, 4.69) is 10.4 Å². The van der Waals surface area contributed by atoms with E-state index in [1.54, 1.807) is 23.9 Å². The number of alkyl halides is 2. The number of rotatable bonds is 8. The second-order valence-electron chi connectivity index (χ2n) is 12.5. The van der Waals surface area contributed by atoms with Gasteiger partial charge in [0.2, 0.25) is 0 Å². The molecule has 3 aromatic heterocycles. The number of methoxy groups -OCH3 is 1. The lowest BCUT2D eigenvalue weighted by molar-refractivity contribution is 0.0678. The Balaban J connectivity index is 1.35. The van der Waals surface area contributed by atoms with Crippen molar-refractivity contribution in [1.82, 2.24) is 28.8 Å². The first-order valence-corrected chi connectivity index (χ1v) is 15.4. The first-order valence-electron chi connectivity index (χ1n) is 15.4. The molecule has 0 radical (unpaired) electrons. The summed E-state index contributed by atoms with van der Waals surface area (Å²) in [6.07, 6.45) is 3.69. The average molecular weight is 617 g/mol. The highest BCUT2D eigenvalue weighted by Crippen LogP contribution is 2.51. The number of ether oxygens (including phenoxy) is 1. The Labute approximate surface area is 259 Å². The number of likely N-dealkylation sites (tertiary alicyclic amines) is 1. The number of anilines is 2. The maximum Gasteiger partial charge on any atom is 0.254 e. The molecule has 1 aliphatic heterocycles. The summed E-state index contributed by atoms with van der Waals surface area (Å²) in [7, 11) is 5.32. The Morgan fingerprint density at radius 2 is 1.98 bits per heavy atom. The number of nitrogens with two attached hydrogens (primary N) is 1. The van der Waals surface area contributed by atoms with Gasteiger partial charge in [0.25, 0.3) is 11.8 Å². The van der Waals surface area contributed by atoms with Gasteiger partial charge in [-0.25, -0.2) is 13.8 Å². The second kappa shape index (κ2) is 10.9. The van der Waals surface area contributed by atoms with Gasteiger partial charge < -0.3 is 29.8 Å². The third-order valence-corrected chi connectivity index (χ3v) is 9.33. The summed E-state index contributed by atoms with van der Waals surface area (Å²) in [6.45, 7) is 3.92. The largest absolute Gasteiger partial charge is 0.494 e. The van der Waals surface area contributed by atoms with Gasteiger partial charge in [-0.05, 0) is 56.5 Å². The minimum absolute atomic E-state index is 0.0768. The van der Waals surface area contributed by atoms with Crippen molar-refractivity contribution in [3.63, 3.8) is 0 Å². The van der Waals surface area contributed by atoms with Gasteiger partial charge in [0, 0.05) is 63.2 Å². The number of benzene rings is 2. The molecule has 2 fully saturated rings. The summed E-state index contributed by atoms with van der Waals surface area (Å²) in [6, 6.07) is 11.4. The molecule has 3 N–H and O–H groups in total. The molecule has 7 rings (SSSR count). The third kappa shape index (κ3) is 5.10. The van der Waals surface area contributed by atoms with E-state index in [9.17, 15) is 13.6 Å². The lowest BCUT2D eigenvalue weighted by Crippen LogP contribution is -2.42. The Morgan fingerprint density at radius 1 is 1.18 bits per heavy atom. The number of fused-ring (bicyclic) bond motifs is 2. The van der Waals surface area contributed by atoms with E-state index >= 15 is 0 Å². The zero-order chi connectivity index (χ0) is 31.6. The van der Waals surface area contributed by atoms with Crippen molar-refractivity contribution >= 4 is 39.2 Å². The molecular weight excluding hydrogens is 578 g/mol. The van der Waals surface area contributed by atoms with Crippen LogP contribution in [0.25, 0.3) is 33.5 Å². The van der Waals surface area contributed by atoms with Crippen LogP contribution in [0.2, 0.25) is 0 Å². The highest BCUT2D eigenvalue weighted by atomic mass is 19.3. The minimum atomic E-state index is -2.70. The van der Waals surface area contributed by atoms with E-state index in [4.69, 9.17) is 15.5 Å². The number of hydrogen-bond donors (Lipinski definition) is 2. The first-order chi connectivity index (χ1) is 21.6. The number of halogens is 2. The van der Waals surface area contributed by atoms with Gasteiger partial charge in [-0.3, -0.25) is 9.48 Å². The third-order valence-electron chi connectivity index (χ3n) is 9.33. The molecule has 1 unspecified atom stereocenters. The Hall–Kier alpha value is -4.45. The lowest BCUT2D eigenvalue weighted by atomic mass is 9.97. The van der Waals surface area contributed by atoms with Gasteiger partial charge >= 0.3 is 0 Å². The average Bonchev–Trinajstić information content (AvgIpc) is 3.29. The molecule has 2 aromatic carbocycles. The Morgan fingerprint density at radius 3 is 2.67 bits per heavy atom. The van der Waals surface area contributed by atoms with Crippen LogP contribution in [-0.2, 0) is 20.6 Å². The topological polar surface area (TPSA) is 108 Å². The van der Waals surface area contributed by atoms with Crippen LogP contribution < -0.4 is 15.8 Å². The van der Waals surface area contributed by atoms with Gasteiger partial charge in [-0.2, -0.15) is 5.10 Å². The van der Waals surface area contributed by atoms with Crippen LogP contribution in [-0.4, -0.2) is 67.4 Å². The van der Waals surface area contributed by atoms with E-state index in [1.165, 1.54) is 0 Å². The number of para-hydroxylation sites is 1. The second-order valence-corrected chi connectivity index (χ2v) is 12.5. The van der Waals surface area contributed by atoms with Gasteiger partial charge in [0.1, 0.15) is 11.3 Å². The predicted octanol–water partition coefficient (Wildman–Crippen LogP) is 5.46. The number of aryl methyl sites for hydroxylation is 3. The fraction of sp³-hybridized carbons (Fsp3) is 0.424. The van der Waals surface area contributed by atoms with Crippen molar-refractivity contribution in [2.75, 3.05) is 32.1 Å². The van der Waals surface area contributed by atoms with E-state index < -0.39 is 11.8 Å². The van der Waals surface area contributed by atoms with Crippen molar-refractivity contribution in [2.24, 2.45) is 31.7 Å². The fourth-order valence-corrected chi connectivity index (χ4v) is 6.80. The number of hydrogen-bond acceptors (Lipinski definition) is 6. The van der Waals surface area contributed by atoms with Crippen LogP contribution in [0.4, 0.5) is 20.2 Å². The molecule has 10 nitrogen and oxygen atoms in total. The normalized spacial score (nSPS) is 19.4. The highest BCUT2D eigenvalue weighted by Gasteiger charge is 2.57. The van der Waals surface area contributed by atoms with Crippen molar-refractivity contribution in [3.05, 3.63) is 53.9 Å². The number of piperidine rings is 1. The van der Waals surface area contributed by atoms with Crippen LogP contribution >= 0.6 is 0 Å². The summed E-state index contributed by atoms with van der Waals surface area (Å²) >= 11 is 0. The van der Waals surface area contributed by atoms with Crippen molar-refractivity contribution < 1.29 is 18.3 Å². The van der Waals surface area contributed by atoms with Gasteiger partial charge in [-0.15, -0.1) is 0 Å².